The van der Waals surface area contributed by atoms with Gasteiger partial charge in [-0.2, -0.15) is 0 Å². The van der Waals surface area contributed by atoms with Crippen LogP contribution in [-0.4, -0.2) is 49.0 Å². The second kappa shape index (κ2) is 8.49. The molecule has 0 aliphatic carbocycles. The molecule has 0 spiro atoms. The molecule has 0 bridgehead atoms. The number of carbonyl (C=O) groups excluding carboxylic acids is 1. The van der Waals surface area contributed by atoms with E-state index in [9.17, 15) is 4.79 Å². The number of carbonyl (C=O) groups is 1. The first kappa shape index (κ1) is 17.2. The number of amides is 1. The van der Waals surface area contributed by atoms with E-state index in [-0.39, 0.29) is 5.91 Å². The van der Waals surface area contributed by atoms with Crippen molar-refractivity contribution in [3.8, 4) is 5.75 Å². The van der Waals surface area contributed by atoms with Gasteiger partial charge in [-0.3, -0.25) is 9.69 Å². The van der Waals surface area contributed by atoms with Gasteiger partial charge in [0.05, 0.1) is 7.11 Å². The second-order valence-corrected chi connectivity index (χ2v) is 6.19. The fraction of sp³-hybridized carbons (Fsp3) is 0.286. The van der Waals surface area contributed by atoms with E-state index in [1.807, 2.05) is 41.3 Å². The summed E-state index contributed by atoms with van der Waals surface area (Å²) in [6.07, 6.45) is 3.52. The molecule has 130 valence electrons. The monoisotopic (exact) mass is 336 g/mol. The molecule has 0 atom stereocenters. The van der Waals surface area contributed by atoms with Crippen LogP contribution in [0.3, 0.4) is 0 Å². The van der Waals surface area contributed by atoms with Crippen LogP contribution >= 0.6 is 0 Å². The number of hydrogen-bond acceptors (Lipinski definition) is 3. The standard InChI is InChI=1S/C21H24N2O2/c1-25-20-10-7-18(8-11-20)9-12-21(24)23-15-13-22(14-16-23)17-19-5-3-2-4-6-19/h2-12H,13-17H2,1H3. The van der Waals surface area contributed by atoms with Crippen molar-refractivity contribution in [3.63, 3.8) is 0 Å². The highest BCUT2D eigenvalue weighted by Crippen LogP contribution is 2.13. The zero-order valence-corrected chi connectivity index (χ0v) is 14.6. The van der Waals surface area contributed by atoms with Crippen LogP contribution in [0.4, 0.5) is 0 Å². The normalized spacial score (nSPS) is 15.5. The summed E-state index contributed by atoms with van der Waals surface area (Å²) in [5, 5.41) is 0. The van der Waals surface area contributed by atoms with Crippen LogP contribution in [0.15, 0.2) is 60.7 Å². The predicted octanol–water partition coefficient (Wildman–Crippen LogP) is 3.05. The van der Waals surface area contributed by atoms with Gasteiger partial charge >= 0.3 is 0 Å². The number of nitrogens with zero attached hydrogens (tertiary/aromatic N) is 2. The van der Waals surface area contributed by atoms with Crippen molar-refractivity contribution >= 4 is 12.0 Å². The van der Waals surface area contributed by atoms with Gasteiger partial charge in [-0.1, -0.05) is 42.5 Å². The van der Waals surface area contributed by atoms with Crippen LogP contribution in [0.5, 0.6) is 5.75 Å². The third-order valence-electron chi connectivity index (χ3n) is 4.47. The first-order valence-corrected chi connectivity index (χ1v) is 8.62. The molecule has 1 saturated heterocycles. The molecule has 1 amide bonds. The molecule has 4 heteroatoms. The number of hydrogen-bond donors (Lipinski definition) is 0. The lowest BCUT2D eigenvalue weighted by Crippen LogP contribution is -2.47. The van der Waals surface area contributed by atoms with Crippen LogP contribution in [0.25, 0.3) is 6.08 Å². The van der Waals surface area contributed by atoms with Gasteiger partial charge in [0.15, 0.2) is 0 Å². The molecule has 3 rings (SSSR count). The first-order chi connectivity index (χ1) is 12.2. The molecular weight excluding hydrogens is 312 g/mol. The van der Waals surface area contributed by atoms with Crippen LogP contribution < -0.4 is 4.74 Å². The SMILES string of the molecule is COc1ccc(C=CC(=O)N2CCN(Cc3ccccc3)CC2)cc1. The average Bonchev–Trinajstić information content (AvgIpc) is 2.68. The molecule has 1 heterocycles. The minimum Gasteiger partial charge on any atom is -0.497 e. The lowest BCUT2D eigenvalue weighted by Gasteiger charge is -2.34. The van der Waals surface area contributed by atoms with Crippen molar-refractivity contribution in [1.29, 1.82) is 0 Å². The zero-order valence-electron chi connectivity index (χ0n) is 14.6. The molecule has 0 aromatic heterocycles. The summed E-state index contributed by atoms with van der Waals surface area (Å²) in [7, 11) is 1.64. The summed E-state index contributed by atoms with van der Waals surface area (Å²) in [6, 6.07) is 18.2. The van der Waals surface area contributed by atoms with Crippen LogP contribution in [0, 0.1) is 0 Å². The second-order valence-electron chi connectivity index (χ2n) is 6.19. The van der Waals surface area contributed by atoms with E-state index in [4.69, 9.17) is 4.74 Å². The van der Waals surface area contributed by atoms with Gasteiger partial charge in [-0.25, -0.2) is 0 Å². The summed E-state index contributed by atoms with van der Waals surface area (Å²) in [5.41, 5.74) is 2.32. The number of methoxy groups -OCH3 is 1. The summed E-state index contributed by atoms with van der Waals surface area (Å²) in [5.74, 6) is 0.896. The number of ether oxygens (including phenoxy) is 1. The van der Waals surface area contributed by atoms with E-state index < -0.39 is 0 Å². The average molecular weight is 336 g/mol. The maximum atomic E-state index is 12.4. The lowest BCUT2D eigenvalue weighted by atomic mass is 10.2. The van der Waals surface area contributed by atoms with Crippen LogP contribution in [-0.2, 0) is 11.3 Å². The molecule has 2 aromatic carbocycles. The molecule has 4 nitrogen and oxygen atoms in total. The molecule has 1 aliphatic rings. The van der Waals surface area contributed by atoms with Gasteiger partial charge in [-0.15, -0.1) is 0 Å². The van der Waals surface area contributed by atoms with Gasteiger partial charge in [0.2, 0.25) is 5.91 Å². The van der Waals surface area contributed by atoms with E-state index >= 15 is 0 Å². The molecule has 0 saturated carbocycles. The Morgan fingerprint density at radius 1 is 1.00 bits per heavy atom. The molecule has 1 aliphatic heterocycles. The van der Waals surface area contributed by atoms with Crippen LogP contribution in [0.1, 0.15) is 11.1 Å². The van der Waals surface area contributed by atoms with E-state index in [2.05, 4.69) is 29.2 Å². The Kier molecular flexibility index (Phi) is 5.86. The van der Waals surface area contributed by atoms with Crippen molar-refractivity contribution < 1.29 is 9.53 Å². The third-order valence-corrected chi connectivity index (χ3v) is 4.47. The van der Waals surface area contributed by atoms with Crippen molar-refractivity contribution in [2.45, 2.75) is 6.54 Å². The Bertz CT molecular complexity index is 702. The minimum atomic E-state index is 0.0789. The molecule has 0 radical (unpaired) electrons. The van der Waals surface area contributed by atoms with Gasteiger partial charge in [-0.05, 0) is 29.3 Å². The summed E-state index contributed by atoms with van der Waals surface area (Å²) >= 11 is 0. The first-order valence-electron chi connectivity index (χ1n) is 8.62. The molecule has 1 fully saturated rings. The highest BCUT2D eigenvalue weighted by Gasteiger charge is 2.19. The molecule has 0 unspecified atom stereocenters. The number of rotatable bonds is 5. The fourth-order valence-electron chi connectivity index (χ4n) is 2.96. The van der Waals surface area contributed by atoms with Crippen molar-refractivity contribution in [2.75, 3.05) is 33.3 Å². The van der Waals surface area contributed by atoms with Crippen molar-refractivity contribution in [2.24, 2.45) is 0 Å². The Balaban J connectivity index is 1.48. The molecule has 0 N–H and O–H groups in total. The van der Waals surface area contributed by atoms with Crippen molar-refractivity contribution in [3.05, 3.63) is 71.8 Å². The maximum Gasteiger partial charge on any atom is 0.246 e. The highest BCUT2D eigenvalue weighted by atomic mass is 16.5. The Morgan fingerprint density at radius 3 is 2.32 bits per heavy atom. The van der Waals surface area contributed by atoms with Gasteiger partial charge in [0.1, 0.15) is 5.75 Å². The fourth-order valence-corrected chi connectivity index (χ4v) is 2.96. The quantitative estimate of drug-likeness (QED) is 0.787. The van der Waals surface area contributed by atoms with Gasteiger partial charge in [0, 0.05) is 38.8 Å². The lowest BCUT2D eigenvalue weighted by molar-refractivity contribution is -0.127. The molecule has 2 aromatic rings. The Hall–Kier alpha value is -2.59. The highest BCUT2D eigenvalue weighted by molar-refractivity contribution is 5.91. The van der Waals surface area contributed by atoms with Gasteiger partial charge < -0.3 is 9.64 Å². The van der Waals surface area contributed by atoms with E-state index in [0.717, 1.165) is 44.0 Å². The zero-order chi connectivity index (χ0) is 17.5. The largest absolute Gasteiger partial charge is 0.497 e. The molecular formula is C21H24N2O2. The smallest absolute Gasteiger partial charge is 0.246 e. The number of benzene rings is 2. The number of piperazine rings is 1. The van der Waals surface area contributed by atoms with Gasteiger partial charge in [0.25, 0.3) is 0 Å². The van der Waals surface area contributed by atoms with E-state index in [1.165, 1.54) is 5.56 Å². The topological polar surface area (TPSA) is 32.8 Å². The Morgan fingerprint density at radius 2 is 1.68 bits per heavy atom. The summed E-state index contributed by atoms with van der Waals surface area (Å²) in [6.45, 7) is 4.33. The summed E-state index contributed by atoms with van der Waals surface area (Å²) in [4.78, 5) is 16.7. The Labute approximate surface area is 149 Å². The molecule has 25 heavy (non-hydrogen) atoms. The maximum absolute atomic E-state index is 12.4. The predicted molar refractivity (Wildman–Crippen MR) is 100 cm³/mol. The minimum absolute atomic E-state index is 0.0789. The summed E-state index contributed by atoms with van der Waals surface area (Å²) < 4.78 is 5.14. The van der Waals surface area contributed by atoms with Crippen LogP contribution in [0.2, 0.25) is 0 Å². The third kappa shape index (κ3) is 4.94. The van der Waals surface area contributed by atoms with E-state index in [0.29, 0.717) is 0 Å². The van der Waals surface area contributed by atoms with Crippen molar-refractivity contribution in [1.82, 2.24) is 9.80 Å². The van der Waals surface area contributed by atoms with E-state index in [1.54, 1.807) is 13.2 Å².